The van der Waals surface area contributed by atoms with Crippen molar-refractivity contribution in [3.05, 3.63) is 62.9 Å². The van der Waals surface area contributed by atoms with Crippen molar-refractivity contribution in [2.45, 2.75) is 38.3 Å². The number of esters is 1. The van der Waals surface area contributed by atoms with Crippen LogP contribution in [0.4, 0.5) is 0 Å². The Morgan fingerprint density at radius 2 is 2.00 bits per heavy atom. The Bertz CT molecular complexity index is 1320. The molecule has 32 heavy (non-hydrogen) atoms. The number of hydrogen-bond acceptors (Lipinski definition) is 7. The van der Waals surface area contributed by atoms with Gasteiger partial charge in [0.15, 0.2) is 5.60 Å². The van der Waals surface area contributed by atoms with Crippen molar-refractivity contribution in [1.29, 1.82) is 0 Å². The van der Waals surface area contributed by atoms with Gasteiger partial charge in [0.25, 0.3) is 5.56 Å². The van der Waals surface area contributed by atoms with Crippen LogP contribution in [0, 0.1) is 0 Å². The molecule has 2 N–H and O–H groups in total. The van der Waals surface area contributed by atoms with E-state index in [4.69, 9.17) is 9.72 Å². The number of fused-ring (bicyclic) bond motifs is 5. The van der Waals surface area contributed by atoms with Crippen LogP contribution in [-0.2, 0) is 28.2 Å². The lowest BCUT2D eigenvalue weighted by molar-refractivity contribution is -0.199. The largest absolute Gasteiger partial charge is 0.429 e. The van der Waals surface area contributed by atoms with E-state index in [0.29, 0.717) is 17.9 Å². The van der Waals surface area contributed by atoms with Gasteiger partial charge in [-0.15, -0.1) is 12.4 Å². The van der Waals surface area contributed by atoms with Crippen LogP contribution < -0.4 is 5.56 Å². The smallest absolute Gasteiger partial charge is 0.345 e. The third-order valence-corrected chi connectivity index (χ3v) is 6.13. The molecule has 1 aromatic carbocycles. The minimum atomic E-state index is -1.98. The first kappa shape index (κ1) is 22.4. The van der Waals surface area contributed by atoms with Gasteiger partial charge in [-0.05, 0) is 50.3 Å². The fourth-order valence-corrected chi connectivity index (χ4v) is 4.54. The Kier molecular flexibility index (Phi) is 5.37. The van der Waals surface area contributed by atoms with Crippen LogP contribution >= 0.6 is 12.4 Å². The predicted molar refractivity (Wildman–Crippen MR) is 120 cm³/mol. The molecule has 0 amide bonds. The molecular formula is C23H24ClN3O5. The third kappa shape index (κ3) is 3.14. The highest BCUT2D eigenvalue weighted by Crippen LogP contribution is 2.41. The average molecular weight is 458 g/mol. The Balaban J connectivity index is 0.00000245. The Labute approximate surface area is 190 Å². The number of aliphatic hydroxyl groups is 2. The monoisotopic (exact) mass is 457 g/mol. The van der Waals surface area contributed by atoms with Gasteiger partial charge >= 0.3 is 5.97 Å². The topological polar surface area (TPSA) is 105 Å². The van der Waals surface area contributed by atoms with E-state index in [0.717, 1.165) is 28.6 Å². The Morgan fingerprint density at radius 3 is 2.69 bits per heavy atom. The molecule has 0 radical (unpaired) electrons. The Morgan fingerprint density at radius 1 is 1.25 bits per heavy atom. The molecule has 168 valence electrons. The van der Waals surface area contributed by atoms with Crippen LogP contribution in [-0.4, -0.2) is 44.7 Å². The zero-order valence-corrected chi connectivity index (χ0v) is 18.8. The maximum Gasteiger partial charge on any atom is 0.345 e. The summed E-state index contributed by atoms with van der Waals surface area (Å²) in [5.74, 6) is -0.961. The molecule has 0 saturated heterocycles. The van der Waals surface area contributed by atoms with E-state index >= 15 is 0 Å². The number of rotatable bonds is 3. The average Bonchev–Trinajstić information content (AvgIpc) is 3.07. The van der Waals surface area contributed by atoms with E-state index in [9.17, 15) is 19.8 Å². The molecule has 1 unspecified atom stereocenters. The molecule has 5 rings (SSSR count). The summed E-state index contributed by atoms with van der Waals surface area (Å²) >= 11 is 0. The summed E-state index contributed by atoms with van der Waals surface area (Å²) in [5, 5.41) is 22.2. The van der Waals surface area contributed by atoms with Crippen LogP contribution in [0.5, 0.6) is 0 Å². The van der Waals surface area contributed by atoms with Crippen molar-refractivity contribution in [3.63, 3.8) is 0 Å². The van der Waals surface area contributed by atoms with Crippen LogP contribution in [0.2, 0.25) is 0 Å². The summed E-state index contributed by atoms with van der Waals surface area (Å²) in [6.45, 7) is 2.72. The second-order valence-electron chi connectivity index (χ2n) is 8.48. The van der Waals surface area contributed by atoms with Gasteiger partial charge in [-0.1, -0.05) is 13.0 Å². The number of hydrogen-bond donors (Lipinski definition) is 2. The quantitative estimate of drug-likeness (QED) is 0.453. The summed E-state index contributed by atoms with van der Waals surface area (Å²) in [5.41, 5.74) is 1.50. The number of benzene rings is 1. The number of nitrogens with zero attached hydrogens (tertiary/aromatic N) is 3. The van der Waals surface area contributed by atoms with Crippen molar-refractivity contribution in [2.75, 3.05) is 14.1 Å². The van der Waals surface area contributed by atoms with Crippen molar-refractivity contribution in [2.24, 2.45) is 0 Å². The molecule has 8 nitrogen and oxygen atoms in total. The lowest BCUT2D eigenvalue weighted by atomic mass is 9.85. The number of aliphatic hydroxyl groups excluding tert-OH is 1. The summed E-state index contributed by atoms with van der Waals surface area (Å²) in [6.07, 6.45) is -1.69. The molecule has 9 heteroatoms. The van der Waals surface area contributed by atoms with Crippen LogP contribution in [0.3, 0.4) is 0 Å². The fraction of sp³-hybridized carbons (Fsp3) is 0.348. The van der Waals surface area contributed by atoms with Gasteiger partial charge in [-0.2, -0.15) is 0 Å². The molecule has 3 aromatic rings. The number of pyridine rings is 2. The first-order valence-corrected chi connectivity index (χ1v) is 10.2. The fourth-order valence-electron chi connectivity index (χ4n) is 4.54. The minimum absolute atomic E-state index is 0. The zero-order chi connectivity index (χ0) is 22.1. The molecule has 2 aliphatic heterocycles. The van der Waals surface area contributed by atoms with E-state index in [-0.39, 0.29) is 30.0 Å². The molecule has 0 fully saturated rings. The normalized spacial score (nSPS) is 21.1. The summed E-state index contributed by atoms with van der Waals surface area (Å²) < 4.78 is 6.39. The molecule has 0 saturated carbocycles. The molecule has 2 aromatic heterocycles. The highest BCUT2D eigenvalue weighted by atomic mass is 35.5. The zero-order valence-electron chi connectivity index (χ0n) is 18.0. The Hall–Kier alpha value is -2.78. The standard InChI is InChI=1S/C23H23N3O5.ClH/c1-4-23(30)15-9-17-19-14(11-26(17)20(27)18(15)21(28)31-22(23)29)8-13-7-12(10-25(2)3)5-6-16(13)24-19;/h5-9,21,28,30H,4,10-11H2,1-3H3;1H/t21?,23-;/m0./s1. The number of carbonyl (C=O) groups excluding carboxylic acids is 1. The highest BCUT2D eigenvalue weighted by molar-refractivity contribution is 5.87. The molecule has 2 atom stereocenters. The van der Waals surface area contributed by atoms with Gasteiger partial charge in [-0.25, -0.2) is 9.78 Å². The van der Waals surface area contributed by atoms with E-state index in [1.54, 1.807) is 13.0 Å². The predicted octanol–water partition coefficient (Wildman–Crippen LogP) is 2.05. The van der Waals surface area contributed by atoms with Crippen molar-refractivity contribution in [3.8, 4) is 11.4 Å². The molecular weight excluding hydrogens is 434 g/mol. The van der Waals surface area contributed by atoms with Crippen LogP contribution in [0.25, 0.3) is 22.3 Å². The maximum atomic E-state index is 13.2. The number of aromatic nitrogens is 2. The second-order valence-corrected chi connectivity index (χ2v) is 8.48. The van der Waals surface area contributed by atoms with E-state index in [1.807, 2.05) is 32.3 Å². The third-order valence-electron chi connectivity index (χ3n) is 6.13. The van der Waals surface area contributed by atoms with E-state index in [2.05, 4.69) is 11.0 Å². The molecule has 0 bridgehead atoms. The van der Waals surface area contributed by atoms with Gasteiger partial charge in [0, 0.05) is 23.1 Å². The first-order valence-electron chi connectivity index (χ1n) is 10.2. The van der Waals surface area contributed by atoms with E-state index < -0.39 is 23.4 Å². The summed E-state index contributed by atoms with van der Waals surface area (Å²) in [4.78, 5) is 32.4. The number of cyclic esters (lactones) is 1. The van der Waals surface area contributed by atoms with Gasteiger partial charge < -0.3 is 24.4 Å². The number of halogens is 1. The maximum absolute atomic E-state index is 13.2. The minimum Gasteiger partial charge on any atom is -0.429 e. The van der Waals surface area contributed by atoms with Gasteiger partial charge in [0.2, 0.25) is 6.29 Å². The SMILES string of the molecule is CC[C@@]1(O)C(=O)OC(O)c2c1cc1n(c2=O)Cc2cc3cc(CN(C)C)ccc3nc2-1.Cl. The summed E-state index contributed by atoms with van der Waals surface area (Å²) in [6, 6.07) is 9.68. The highest BCUT2D eigenvalue weighted by Gasteiger charge is 2.48. The molecule has 0 spiro atoms. The van der Waals surface area contributed by atoms with Crippen LogP contribution in [0.15, 0.2) is 35.1 Å². The molecule has 4 heterocycles. The van der Waals surface area contributed by atoms with Gasteiger partial charge in [0.05, 0.1) is 29.0 Å². The van der Waals surface area contributed by atoms with Crippen molar-refractivity contribution in [1.82, 2.24) is 14.5 Å². The lowest BCUT2D eigenvalue weighted by Crippen LogP contribution is -2.46. The molecule has 0 aliphatic carbocycles. The second kappa shape index (κ2) is 7.67. The van der Waals surface area contributed by atoms with Crippen LogP contribution in [0.1, 0.15) is 41.9 Å². The van der Waals surface area contributed by atoms with Crippen molar-refractivity contribution >= 4 is 29.3 Å². The van der Waals surface area contributed by atoms with Gasteiger partial charge in [-0.3, -0.25) is 4.79 Å². The first-order chi connectivity index (χ1) is 14.7. The van der Waals surface area contributed by atoms with Crippen molar-refractivity contribution < 1.29 is 19.7 Å². The lowest BCUT2D eigenvalue weighted by Gasteiger charge is -2.34. The number of ether oxygens (including phenoxy) is 1. The van der Waals surface area contributed by atoms with E-state index in [1.165, 1.54) is 4.57 Å². The summed E-state index contributed by atoms with van der Waals surface area (Å²) in [7, 11) is 4.02. The van der Waals surface area contributed by atoms with Gasteiger partial charge in [0.1, 0.15) is 0 Å². The number of carbonyl (C=O) groups is 1. The molecule has 2 aliphatic rings.